The van der Waals surface area contributed by atoms with E-state index in [2.05, 4.69) is 0 Å². The minimum absolute atomic E-state index is 0.343. The van der Waals surface area contributed by atoms with Gasteiger partial charge in [-0.1, -0.05) is 6.07 Å². The smallest absolute Gasteiger partial charge is 0.164 e. The topological polar surface area (TPSA) is 38.7 Å². The molecule has 0 radical (unpaired) electrons. The average molecular weight is 194 g/mol. The fraction of sp³-hybridized carbons (Fsp3) is 0.455. The van der Waals surface area contributed by atoms with Crippen molar-refractivity contribution in [1.82, 2.24) is 0 Å². The van der Waals surface area contributed by atoms with Gasteiger partial charge in [-0.25, -0.2) is 0 Å². The summed E-state index contributed by atoms with van der Waals surface area (Å²) in [5.74, 6) is 1.50. The van der Waals surface area contributed by atoms with E-state index in [1.54, 1.807) is 14.2 Å². The highest BCUT2D eigenvalue weighted by Crippen LogP contribution is 2.41. The van der Waals surface area contributed by atoms with Gasteiger partial charge in [0.15, 0.2) is 11.5 Å². The number of rotatable bonds is 2. The van der Waals surface area contributed by atoms with E-state index in [1.165, 1.54) is 0 Å². The van der Waals surface area contributed by atoms with Crippen molar-refractivity contribution in [2.75, 3.05) is 14.2 Å². The maximum atomic E-state index is 9.67. The number of hydrogen-bond donors (Lipinski definition) is 1. The summed E-state index contributed by atoms with van der Waals surface area (Å²) in [6, 6.07) is 3.75. The standard InChI is InChI=1S/C11H14O3/c1-13-10-6-4-7-8(11(10)14-2)3-5-9(7)12/h4,6,9,12H,3,5H2,1-2H3. The first-order valence-electron chi connectivity index (χ1n) is 4.69. The van der Waals surface area contributed by atoms with Crippen LogP contribution in [0.25, 0.3) is 0 Å². The largest absolute Gasteiger partial charge is 0.493 e. The molecule has 1 aromatic carbocycles. The Hall–Kier alpha value is -1.22. The van der Waals surface area contributed by atoms with Gasteiger partial charge in [-0.15, -0.1) is 0 Å². The predicted molar refractivity (Wildman–Crippen MR) is 52.8 cm³/mol. The van der Waals surface area contributed by atoms with E-state index in [-0.39, 0.29) is 6.10 Å². The summed E-state index contributed by atoms with van der Waals surface area (Å²) < 4.78 is 10.5. The molecule has 0 saturated heterocycles. The Morgan fingerprint density at radius 1 is 1.29 bits per heavy atom. The van der Waals surface area contributed by atoms with Gasteiger partial charge < -0.3 is 14.6 Å². The number of benzene rings is 1. The summed E-state index contributed by atoms with van der Waals surface area (Å²) in [7, 11) is 3.25. The summed E-state index contributed by atoms with van der Waals surface area (Å²) in [4.78, 5) is 0. The molecule has 0 fully saturated rings. The van der Waals surface area contributed by atoms with Crippen LogP contribution in [0.15, 0.2) is 12.1 Å². The third kappa shape index (κ3) is 1.24. The lowest BCUT2D eigenvalue weighted by Crippen LogP contribution is -1.96. The summed E-state index contributed by atoms with van der Waals surface area (Å²) in [5, 5.41) is 9.67. The zero-order chi connectivity index (χ0) is 10.1. The van der Waals surface area contributed by atoms with Crippen LogP contribution >= 0.6 is 0 Å². The molecule has 1 aromatic rings. The number of aliphatic hydroxyl groups excluding tert-OH is 1. The number of fused-ring (bicyclic) bond motifs is 1. The van der Waals surface area contributed by atoms with Crippen LogP contribution in [0.1, 0.15) is 23.7 Å². The molecule has 0 spiro atoms. The Morgan fingerprint density at radius 3 is 2.71 bits per heavy atom. The first-order chi connectivity index (χ1) is 6.77. The molecule has 2 rings (SSSR count). The molecule has 0 aliphatic heterocycles. The van der Waals surface area contributed by atoms with Gasteiger partial charge in [0.1, 0.15) is 0 Å². The lowest BCUT2D eigenvalue weighted by molar-refractivity contribution is 0.180. The van der Waals surface area contributed by atoms with E-state index in [4.69, 9.17) is 9.47 Å². The van der Waals surface area contributed by atoms with Crippen LogP contribution in [0.3, 0.4) is 0 Å². The van der Waals surface area contributed by atoms with E-state index in [0.29, 0.717) is 0 Å². The molecule has 0 heterocycles. The second-order valence-electron chi connectivity index (χ2n) is 3.42. The Labute approximate surface area is 83.3 Å². The fourth-order valence-corrected chi connectivity index (χ4v) is 2.01. The highest BCUT2D eigenvalue weighted by Gasteiger charge is 2.25. The zero-order valence-electron chi connectivity index (χ0n) is 8.41. The van der Waals surface area contributed by atoms with Crippen molar-refractivity contribution in [3.8, 4) is 11.5 Å². The van der Waals surface area contributed by atoms with E-state index in [9.17, 15) is 5.11 Å². The van der Waals surface area contributed by atoms with Crippen molar-refractivity contribution in [3.63, 3.8) is 0 Å². The van der Waals surface area contributed by atoms with Crippen LogP contribution in [0, 0.1) is 0 Å². The van der Waals surface area contributed by atoms with Crippen molar-refractivity contribution in [2.45, 2.75) is 18.9 Å². The van der Waals surface area contributed by atoms with Crippen molar-refractivity contribution in [3.05, 3.63) is 23.3 Å². The van der Waals surface area contributed by atoms with Gasteiger partial charge in [0.25, 0.3) is 0 Å². The molecule has 1 N–H and O–H groups in total. The van der Waals surface area contributed by atoms with Crippen LogP contribution in [0.2, 0.25) is 0 Å². The van der Waals surface area contributed by atoms with E-state index in [0.717, 1.165) is 35.5 Å². The second kappa shape index (κ2) is 3.50. The average Bonchev–Trinajstić information content (AvgIpc) is 2.59. The van der Waals surface area contributed by atoms with Gasteiger partial charge >= 0.3 is 0 Å². The summed E-state index contributed by atoms with van der Waals surface area (Å²) in [6.07, 6.45) is 1.29. The number of methoxy groups -OCH3 is 2. The van der Waals surface area contributed by atoms with Gasteiger partial charge in [0.2, 0.25) is 0 Å². The van der Waals surface area contributed by atoms with E-state index >= 15 is 0 Å². The molecular weight excluding hydrogens is 180 g/mol. The highest BCUT2D eigenvalue weighted by atomic mass is 16.5. The molecular formula is C11H14O3. The van der Waals surface area contributed by atoms with E-state index < -0.39 is 0 Å². The van der Waals surface area contributed by atoms with Gasteiger partial charge in [0.05, 0.1) is 20.3 Å². The summed E-state index contributed by atoms with van der Waals surface area (Å²) in [6.45, 7) is 0. The Kier molecular flexibility index (Phi) is 2.33. The normalized spacial score (nSPS) is 19.2. The molecule has 0 amide bonds. The van der Waals surface area contributed by atoms with Crippen molar-refractivity contribution in [2.24, 2.45) is 0 Å². The summed E-state index contributed by atoms with van der Waals surface area (Å²) >= 11 is 0. The van der Waals surface area contributed by atoms with Crippen molar-refractivity contribution >= 4 is 0 Å². The zero-order valence-corrected chi connectivity index (χ0v) is 8.41. The molecule has 0 bridgehead atoms. The molecule has 1 aliphatic rings. The maximum absolute atomic E-state index is 9.67. The van der Waals surface area contributed by atoms with E-state index in [1.807, 2.05) is 12.1 Å². The lowest BCUT2D eigenvalue weighted by Gasteiger charge is -2.12. The Balaban J connectivity index is 2.54. The van der Waals surface area contributed by atoms with Crippen LogP contribution in [-0.2, 0) is 6.42 Å². The monoisotopic (exact) mass is 194 g/mol. The van der Waals surface area contributed by atoms with Gasteiger partial charge in [-0.2, -0.15) is 0 Å². The van der Waals surface area contributed by atoms with Crippen LogP contribution in [0.4, 0.5) is 0 Å². The fourth-order valence-electron chi connectivity index (χ4n) is 2.01. The minimum Gasteiger partial charge on any atom is -0.493 e. The molecule has 1 aliphatic carbocycles. The second-order valence-corrected chi connectivity index (χ2v) is 3.42. The molecule has 3 heteroatoms. The highest BCUT2D eigenvalue weighted by molar-refractivity contribution is 5.53. The third-order valence-corrected chi connectivity index (χ3v) is 2.71. The third-order valence-electron chi connectivity index (χ3n) is 2.71. The Morgan fingerprint density at radius 2 is 2.07 bits per heavy atom. The van der Waals surface area contributed by atoms with Gasteiger partial charge in [-0.3, -0.25) is 0 Å². The molecule has 0 saturated carbocycles. The molecule has 1 atom stereocenters. The predicted octanol–water partition coefficient (Wildman–Crippen LogP) is 1.68. The SMILES string of the molecule is COc1ccc2c(c1OC)CCC2O. The minimum atomic E-state index is -0.343. The van der Waals surface area contributed by atoms with Gasteiger partial charge in [-0.05, 0) is 24.5 Å². The quantitative estimate of drug-likeness (QED) is 0.778. The molecule has 14 heavy (non-hydrogen) atoms. The molecule has 76 valence electrons. The molecule has 3 nitrogen and oxygen atoms in total. The van der Waals surface area contributed by atoms with Gasteiger partial charge in [0, 0.05) is 5.56 Å². The Bertz CT molecular complexity index is 347. The first-order valence-corrected chi connectivity index (χ1v) is 4.69. The maximum Gasteiger partial charge on any atom is 0.164 e. The number of hydrogen-bond acceptors (Lipinski definition) is 3. The molecule has 0 aromatic heterocycles. The van der Waals surface area contributed by atoms with Crippen molar-refractivity contribution in [1.29, 1.82) is 0 Å². The molecule has 1 unspecified atom stereocenters. The lowest BCUT2D eigenvalue weighted by atomic mass is 10.1. The first kappa shape index (κ1) is 9.34. The number of ether oxygens (including phenoxy) is 2. The van der Waals surface area contributed by atoms with Crippen LogP contribution in [0.5, 0.6) is 11.5 Å². The number of aliphatic hydroxyl groups is 1. The van der Waals surface area contributed by atoms with Crippen LogP contribution in [-0.4, -0.2) is 19.3 Å². The van der Waals surface area contributed by atoms with Crippen molar-refractivity contribution < 1.29 is 14.6 Å². The summed E-state index contributed by atoms with van der Waals surface area (Å²) in [5.41, 5.74) is 2.06. The van der Waals surface area contributed by atoms with Crippen LogP contribution < -0.4 is 9.47 Å².